The zero-order valence-electron chi connectivity index (χ0n) is 13.4. The van der Waals surface area contributed by atoms with Gasteiger partial charge in [-0.15, -0.1) is 0 Å². The highest BCUT2D eigenvalue weighted by Gasteiger charge is 2.18. The van der Waals surface area contributed by atoms with E-state index < -0.39 is 29.0 Å². The predicted molar refractivity (Wildman–Crippen MR) is 84.1 cm³/mol. The maximum Gasteiger partial charge on any atom is 0.259 e. The van der Waals surface area contributed by atoms with Gasteiger partial charge in [0.05, 0.1) is 11.3 Å². The van der Waals surface area contributed by atoms with E-state index in [-0.39, 0.29) is 23.7 Å². The van der Waals surface area contributed by atoms with Crippen molar-refractivity contribution < 1.29 is 27.2 Å². The van der Waals surface area contributed by atoms with Crippen molar-refractivity contribution in [3.63, 3.8) is 0 Å². The topological polar surface area (TPSA) is 77.2 Å². The van der Waals surface area contributed by atoms with Crippen LogP contribution in [0.2, 0.25) is 0 Å². The number of ether oxygens (including phenoxy) is 1. The van der Waals surface area contributed by atoms with Crippen LogP contribution in [0.3, 0.4) is 0 Å². The van der Waals surface area contributed by atoms with Crippen LogP contribution in [0.5, 0.6) is 5.75 Å². The molecule has 0 radical (unpaired) electrons. The summed E-state index contributed by atoms with van der Waals surface area (Å²) in [6, 6.07) is 7.80. The van der Waals surface area contributed by atoms with Crippen LogP contribution in [-0.2, 0) is 6.61 Å². The minimum absolute atomic E-state index is 0.0544. The molecule has 3 rings (SSSR count). The molecule has 1 N–H and O–H groups in total. The SMILES string of the molecule is Cc1nc(COc2ccccc2C(=O)Nc2ccc(F)c(F)c2F)no1. The molecule has 1 amide bonds. The molecular formula is C17H12F3N3O3. The summed E-state index contributed by atoms with van der Waals surface area (Å²) in [6.07, 6.45) is 0. The second-order valence-electron chi connectivity index (χ2n) is 5.19. The molecule has 1 aromatic heterocycles. The Morgan fingerprint density at radius 2 is 1.92 bits per heavy atom. The highest BCUT2D eigenvalue weighted by molar-refractivity contribution is 6.06. The Balaban J connectivity index is 1.78. The Kier molecular flexibility index (Phi) is 4.87. The third-order valence-corrected chi connectivity index (χ3v) is 3.34. The van der Waals surface area contributed by atoms with Crippen molar-refractivity contribution >= 4 is 11.6 Å². The molecular weight excluding hydrogens is 351 g/mol. The first kappa shape index (κ1) is 17.5. The Morgan fingerprint density at radius 1 is 1.15 bits per heavy atom. The number of halogens is 3. The number of para-hydroxylation sites is 1. The Bertz CT molecular complexity index is 959. The summed E-state index contributed by atoms with van der Waals surface area (Å²) in [6.45, 7) is 1.56. The van der Waals surface area contributed by atoms with Gasteiger partial charge in [0.15, 0.2) is 24.1 Å². The first-order valence-corrected chi connectivity index (χ1v) is 7.41. The Hall–Kier alpha value is -3.36. The molecule has 1 heterocycles. The van der Waals surface area contributed by atoms with Gasteiger partial charge >= 0.3 is 0 Å². The normalized spacial score (nSPS) is 10.6. The zero-order chi connectivity index (χ0) is 18.7. The lowest BCUT2D eigenvalue weighted by Gasteiger charge is -2.11. The second-order valence-corrected chi connectivity index (χ2v) is 5.19. The minimum atomic E-state index is -1.67. The molecule has 134 valence electrons. The van der Waals surface area contributed by atoms with E-state index in [1.54, 1.807) is 19.1 Å². The third-order valence-electron chi connectivity index (χ3n) is 3.34. The maximum atomic E-state index is 13.7. The number of rotatable bonds is 5. The van der Waals surface area contributed by atoms with Gasteiger partial charge in [0.25, 0.3) is 5.91 Å². The summed E-state index contributed by atoms with van der Waals surface area (Å²) in [5, 5.41) is 5.85. The van der Waals surface area contributed by atoms with Crippen LogP contribution in [0.4, 0.5) is 18.9 Å². The van der Waals surface area contributed by atoms with Crippen molar-refractivity contribution in [3.05, 3.63) is 71.1 Å². The van der Waals surface area contributed by atoms with Crippen LogP contribution in [-0.4, -0.2) is 16.0 Å². The summed E-state index contributed by atoms with van der Waals surface area (Å²) in [5.74, 6) is -4.43. The van der Waals surface area contributed by atoms with E-state index in [9.17, 15) is 18.0 Å². The van der Waals surface area contributed by atoms with E-state index >= 15 is 0 Å². The molecule has 0 atom stereocenters. The van der Waals surface area contributed by atoms with Crippen LogP contribution in [0.1, 0.15) is 22.1 Å². The molecule has 2 aromatic carbocycles. The molecule has 3 aromatic rings. The Labute approximate surface area is 145 Å². The van der Waals surface area contributed by atoms with Crippen molar-refractivity contribution in [2.75, 3.05) is 5.32 Å². The minimum Gasteiger partial charge on any atom is -0.485 e. The van der Waals surface area contributed by atoms with Crippen molar-refractivity contribution in [3.8, 4) is 5.75 Å². The van der Waals surface area contributed by atoms with Crippen molar-refractivity contribution in [2.24, 2.45) is 0 Å². The number of benzene rings is 2. The molecule has 0 bridgehead atoms. The number of carbonyl (C=O) groups excluding carboxylic acids is 1. The summed E-state index contributed by atoms with van der Waals surface area (Å²) in [5.41, 5.74) is -0.422. The molecule has 0 aliphatic heterocycles. The van der Waals surface area contributed by atoms with Gasteiger partial charge in [-0.2, -0.15) is 4.98 Å². The number of carbonyl (C=O) groups is 1. The van der Waals surface area contributed by atoms with Crippen LogP contribution in [0.15, 0.2) is 40.9 Å². The summed E-state index contributed by atoms with van der Waals surface area (Å²) in [4.78, 5) is 16.3. The fourth-order valence-electron chi connectivity index (χ4n) is 2.13. The molecule has 0 aliphatic rings. The molecule has 9 heteroatoms. The van der Waals surface area contributed by atoms with E-state index in [2.05, 4.69) is 15.5 Å². The average molecular weight is 363 g/mol. The lowest BCUT2D eigenvalue weighted by atomic mass is 10.1. The van der Waals surface area contributed by atoms with Gasteiger partial charge in [-0.05, 0) is 24.3 Å². The number of nitrogens with zero attached hydrogens (tertiary/aromatic N) is 2. The van der Waals surface area contributed by atoms with Gasteiger partial charge in [-0.1, -0.05) is 17.3 Å². The van der Waals surface area contributed by atoms with Crippen LogP contribution < -0.4 is 10.1 Å². The molecule has 0 saturated heterocycles. The first-order chi connectivity index (χ1) is 12.5. The average Bonchev–Trinajstić information content (AvgIpc) is 3.06. The lowest BCUT2D eigenvalue weighted by Crippen LogP contribution is -2.15. The van der Waals surface area contributed by atoms with E-state index in [1.165, 1.54) is 12.1 Å². The largest absolute Gasteiger partial charge is 0.485 e. The van der Waals surface area contributed by atoms with E-state index in [0.29, 0.717) is 5.89 Å². The molecule has 6 nitrogen and oxygen atoms in total. The van der Waals surface area contributed by atoms with Gasteiger partial charge in [-0.25, -0.2) is 13.2 Å². The lowest BCUT2D eigenvalue weighted by molar-refractivity contribution is 0.102. The molecule has 0 saturated carbocycles. The van der Waals surface area contributed by atoms with E-state index in [0.717, 1.165) is 12.1 Å². The zero-order valence-corrected chi connectivity index (χ0v) is 13.4. The van der Waals surface area contributed by atoms with Gasteiger partial charge in [0.1, 0.15) is 5.75 Å². The molecule has 0 fully saturated rings. The van der Waals surface area contributed by atoms with Crippen LogP contribution >= 0.6 is 0 Å². The summed E-state index contributed by atoms with van der Waals surface area (Å²) in [7, 11) is 0. The van der Waals surface area contributed by atoms with Crippen molar-refractivity contribution in [1.29, 1.82) is 0 Å². The van der Waals surface area contributed by atoms with Gasteiger partial charge in [-0.3, -0.25) is 4.79 Å². The Morgan fingerprint density at radius 3 is 2.65 bits per heavy atom. The fraction of sp³-hybridized carbons (Fsp3) is 0.118. The number of amides is 1. The van der Waals surface area contributed by atoms with Crippen LogP contribution in [0, 0.1) is 24.4 Å². The van der Waals surface area contributed by atoms with E-state index in [4.69, 9.17) is 9.26 Å². The monoisotopic (exact) mass is 363 g/mol. The highest BCUT2D eigenvalue weighted by Crippen LogP contribution is 2.23. The van der Waals surface area contributed by atoms with E-state index in [1.807, 2.05) is 0 Å². The number of nitrogens with one attached hydrogen (secondary N) is 1. The van der Waals surface area contributed by atoms with Gasteiger partial charge < -0.3 is 14.6 Å². The number of aromatic nitrogens is 2. The highest BCUT2D eigenvalue weighted by atomic mass is 19.2. The van der Waals surface area contributed by atoms with Crippen molar-refractivity contribution in [2.45, 2.75) is 13.5 Å². The predicted octanol–water partition coefficient (Wildman–Crippen LogP) is 3.63. The molecule has 0 aliphatic carbocycles. The fourth-order valence-corrected chi connectivity index (χ4v) is 2.13. The van der Waals surface area contributed by atoms with Gasteiger partial charge in [0, 0.05) is 6.92 Å². The quantitative estimate of drug-likeness (QED) is 0.701. The maximum absolute atomic E-state index is 13.7. The number of aryl methyl sites for hydroxylation is 1. The number of hydrogen-bond acceptors (Lipinski definition) is 5. The van der Waals surface area contributed by atoms with Crippen molar-refractivity contribution in [1.82, 2.24) is 10.1 Å². The summed E-state index contributed by atoms with van der Waals surface area (Å²) >= 11 is 0. The number of hydrogen-bond donors (Lipinski definition) is 1. The number of anilines is 1. The van der Waals surface area contributed by atoms with Gasteiger partial charge in [0.2, 0.25) is 11.7 Å². The second kappa shape index (κ2) is 7.26. The smallest absolute Gasteiger partial charge is 0.259 e. The summed E-state index contributed by atoms with van der Waals surface area (Å²) < 4.78 is 50.3. The standard InChI is InChI=1S/C17H12F3N3O3/c1-9-21-14(23-26-9)8-25-13-5-3-2-4-10(13)17(24)22-12-7-6-11(18)15(19)16(12)20/h2-7H,8H2,1H3,(H,22,24). The molecule has 26 heavy (non-hydrogen) atoms. The molecule has 0 unspecified atom stereocenters. The molecule has 0 spiro atoms. The first-order valence-electron chi connectivity index (χ1n) is 7.41. The third kappa shape index (κ3) is 3.66. The van der Waals surface area contributed by atoms with Crippen LogP contribution in [0.25, 0.3) is 0 Å².